The quantitative estimate of drug-likeness (QED) is 0.492. The van der Waals surface area contributed by atoms with E-state index in [0.29, 0.717) is 12.4 Å². The van der Waals surface area contributed by atoms with E-state index in [-0.39, 0.29) is 10.5 Å². The highest BCUT2D eigenvalue weighted by atomic mass is 32.2. The molecule has 0 saturated heterocycles. The molecular weight excluding hydrogens is 372 g/mol. The maximum Gasteiger partial charge on any atom is 0.192 e. The van der Waals surface area contributed by atoms with E-state index in [2.05, 4.69) is 40.8 Å². The first-order valence-corrected chi connectivity index (χ1v) is 14.1. The SMILES string of the molecule is CC(C)(C)[Si](C)(C)OC[C@]1(C)CC[C@H](O)C=C1CCS(=O)c1ccccc1. The summed E-state index contributed by atoms with van der Waals surface area (Å²) in [6, 6.07) is 9.62. The van der Waals surface area contributed by atoms with E-state index >= 15 is 0 Å². The molecule has 0 saturated carbocycles. The van der Waals surface area contributed by atoms with Crippen molar-refractivity contribution in [2.24, 2.45) is 5.41 Å². The zero-order chi connectivity index (χ0) is 20.3. The molecule has 1 aromatic rings. The van der Waals surface area contributed by atoms with Gasteiger partial charge in [0, 0.05) is 22.7 Å². The fourth-order valence-electron chi connectivity index (χ4n) is 3.14. The summed E-state index contributed by atoms with van der Waals surface area (Å²) in [4.78, 5) is 0.869. The van der Waals surface area contributed by atoms with E-state index in [1.807, 2.05) is 36.4 Å². The van der Waals surface area contributed by atoms with Gasteiger partial charge in [0.05, 0.1) is 16.9 Å². The van der Waals surface area contributed by atoms with E-state index in [4.69, 9.17) is 4.43 Å². The number of aliphatic hydroxyl groups is 1. The molecule has 2 rings (SSSR count). The van der Waals surface area contributed by atoms with Crippen molar-refractivity contribution in [1.82, 2.24) is 0 Å². The van der Waals surface area contributed by atoms with Crippen LogP contribution in [-0.2, 0) is 15.2 Å². The summed E-state index contributed by atoms with van der Waals surface area (Å²) < 4.78 is 19.2. The Morgan fingerprint density at radius 2 is 1.89 bits per heavy atom. The third kappa shape index (κ3) is 5.86. The Balaban J connectivity index is 2.08. The number of benzene rings is 1. The molecule has 1 aliphatic rings. The van der Waals surface area contributed by atoms with Gasteiger partial charge in [-0.2, -0.15) is 0 Å². The maximum atomic E-state index is 12.6. The summed E-state index contributed by atoms with van der Waals surface area (Å²) in [6.07, 6.45) is 4.00. The van der Waals surface area contributed by atoms with Crippen LogP contribution in [0.25, 0.3) is 0 Å². The first-order chi connectivity index (χ1) is 12.4. The van der Waals surface area contributed by atoms with Crippen molar-refractivity contribution in [2.45, 2.75) is 76.1 Å². The van der Waals surface area contributed by atoms with E-state index in [9.17, 15) is 9.32 Å². The van der Waals surface area contributed by atoms with Gasteiger partial charge in [0.15, 0.2) is 8.32 Å². The largest absolute Gasteiger partial charge is 0.416 e. The molecule has 1 aromatic carbocycles. The smallest absolute Gasteiger partial charge is 0.192 e. The maximum absolute atomic E-state index is 12.6. The van der Waals surface area contributed by atoms with Crippen LogP contribution in [0, 0.1) is 5.41 Å². The Morgan fingerprint density at radius 1 is 1.26 bits per heavy atom. The zero-order valence-corrected chi connectivity index (χ0v) is 19.6. The molecule has 1 unspecified atom stereocenters. The van der Waals surface area contributed by atoms with Crippen LogP contribution in [0.5, 0.6) is 0 Å². The summed E-state index contributed by atoms with van der Waals surface area (Å²) in [6.45, 7) is 14.2. The van der Waals surface area contributed by atoms with Crippen LogP contribution in [0.2, 0.25) is 18.1 Å². The molecule has 0 aliphatic heterocycles. The van der Waals surface area contributed by atoms with Crippen molar-refractivity contribution in [3.63, 3.8) is 0 Å². The van der Waals surface area contributed by atoms with Crippen molar-refractivity contribution >= 4 is 19.1 Å². The number of hydrogen-bond donors (Lipinski definition) is 1. The third-order valence-electron chi connectivity index (χ3n) is 6.28. The van der Waals surface area contributed by atoms with Gasteiger partial charge in [-0.25, -0.2) is 0 Å². The molecule has 27 heavy (non-hydrogen) atoms. The average molecular weight is 409 g/mol. The van der Waals surface area contributed by atoms with Crippen molar-refractivity contribution < 1.29 is 13.7 Å². The van der Waals surface area contributed by atoms with E-state index in [1.165, 1.54) is 5.57 Å². The van der Waals surface area contributed by atoms with Crippen LogP contribution in [0.3, 0.4) is 0 Å². The van der Waals surface area contributed by atoms with Gasteiger partial charge in [0.1, 0.15) is 0 Å². The van der Waals surface area contributed by atoms with Gasteiger partial charge in [0.2, 0.25) is 0 Å². The highest BCUT2D eigenvalue weighted by molar-refractivity contribution is 7.85. The fraction of sp³-hybridized carbons (Fsp3) is 0.636. The van der Waals surface area contributed by atoms with Crippen LogP contribution in [0.1, 0.15) is 47.0 Å². The summed E-state index contributed by atoms with van der Waals surface area (Å²) in [5.74, 6) is 0.582. The van der Waals surface area contributed by atoms with Gasteiger partial charge in [-0.15, -0.1) is 0 Å². The molecule has 0 fully saturated rings. The molecule has 0 amide bonds. The van der Waals surface area contributed by atoms with Crippen molar-refractivity contribution in [3.05, 3.63) is 42.0 Å². The molecule has 0 radical (unpaired) electrons. The van der Waals surface area contributed by atoms with Crippen LogP contribution < -0.4 is 0 Å². The molecular formula is C22H36O3SSi. The second-order valence-electron chi connectivity index (χ2n) is 9.52. The predicted octanol–water partition coefficient (Wildman–Crippen LogP) is 5.29. The van der Waals surface area contributed by atoms with Crippen LogP contribution in [0.15, 0.2) is 46.9 Å². The molecule has 3 atom stereocenters. The Kier molecular flexibility index (Phi) is 7.28. The van der Waals surface area contributed by atoms with Gasteiger partial charge >= 0.3 is 0 Å². The Hall–Kier alpha value is -0.753. The van der Waals surface area contributed by atoms with Crippen LogP contribution in [-0.4, -0.2) is 36.1 Å². The minimum Gasteiger partial charge on any atom is -0.416 e. The summed E-state index contributed by atoms with van der Waals surface area (Å²) >= 11 is 0. The summed E-state index contributed by atoms with van der Waals surface area (Å²) in [5.41, 5.74) is 1.11. The van der Waals surface area contributed by atoms with E-state index in [1.54, 1.807) is 0 Å². The first-order valence-electron chi connectivity index (χ1n) is 9.91. The van der Waals surface area contributed by atoms with Gasteiger partial charge in [-0.1, -0.05) is 57.5 Å². The lowest BCUT2D eigenvalue weighted by Crippen LogP contribution is -2.44. The molecule has 0 spiro atoms. The summed E-state index contributed by atoms with van der Waals surface area (Å²) in [5, 5.41) is 10.3. The topological polar surface area (TPSA) is 46.5 Å². The first kappa shape index (κ1) is 22.5. The van der Waals surface area contributed by atoms with Crippen molar-refractivity contribution in [2.75, 3.05) is 12.4 Å². The van der Waals surface area contributed by atoms with Gasteiger partial charge in [-0.3, -0.25) is 4.21 Å². The minimum absolute atomic E-state index is 0.0877. The van der Waals surface area contributed by atoms with Crippen LogP contribution >= 0.6 is 0 Å². The monoisotopic (exact) mass is 408 g/mol. The summed E-state index contributed by atoms with van der Waals surface area (Å²) in [7, 11) is -2.85. The van der Waals surface area contributed by atoms with Gasteiger partial charge in [-0.05, 0) is 49.5 Å². The molecule has 5 heteroatoms. The molecule has 152 valence electrons. The van der Waals surface area contributed by atoms with Gasteiger partial charge in [0.25, 0.3) is 0 Å². The Bertz CT molecular complexity index is 679. The molecule has 3 nitrogen and oxygen atoms in total. The number of hydrogen-bond acceptors (Lipinski definition) is 3. The Labute approximate surface area is 168 Å². The highest BCUT2D eigenvalue weighted by Gasteiger charge is 2.41. The predicted molar refractivity (Wildman–Crippen MR) is 117 cm³/mol. The number of rotatable bonds is 7. The third-order valence-corrected chi connectivity index (χ3v) is 12.1. The molecule has 0 heterocycles. The van der Waals surface area contributed by atoms with Crippen LogP contribution in [0.4, 0.5) is 0 Å². The van der Waals surface area contributed by atoms with Crippen molar-refractivity contribution in [3.8, 4) is 0 Å². The standard InChI is InChI=1S/C22H36O3SSi/c1-21(2,3)27(5,6)25-17-22(4)14-12-19(23)16-18(22)13-15-26(24)20-10-8-7-9-11-20/h7-11,16,19,23H,12-15,17H2,1-6H3/t19-,22-,26?/m0/s1. The lowest BCUT2D eigenvalue weighted by Gasteiger charge is -2.42. The second kappa shape index (κ2) is 8.72. The molecule has 0 bridgehead atoms. The average Bonchev–Trinajstić information content (AvgIpc) is 2.61. The van der Waals surface area contributed by atoms with E-state index in [0.717, 1.165) is 24.2 Å². The molecule has 1 N–H and O–H groups in total. The Morgan fingerprint density at radius 3 is 2.48 bits per heavy atom. The molecule has 0 aromatic heterocycles. The van der Waals surface area contributed by atoms with Crippen molar-refractivity contribution in [1.29, 1.82) is 0 Å². The number of aliphatic hydroxyl groups excluding tert-OH is 1. The minimum atomic E-state index is -1.83. The lowest BCUT2D eigenvalue weighted by molar-refractivity contribution is 0.119. The lowest BCUT2D eigenvalue weighted by atomic mass is 9.73. The molecule has 1 aliphatic carbocycles. The van der Waals surface area contributed by atoms with Gasteiger partial charge < -0.3 is 9.53 Å². The second-order valence-corrected chi connectivity index (χ2v) is 15.9. The zero-order valence-electron chi connectivity index (χ0n) is 17.7. The fourth-order valence-corrected chi connectivity index (χ4v) is 5.36. The highest BCUT2D eigenvalue weighted by Crippen LogP contribution is 2.43. The normalized spacial score (nSPS) is 25.1. The van der Waals surface area contributed by atoms with E-state index < -0.39 is 25.2 Å².